The van der Waals surface area contributed by atoms with E-state index in [0.717, 1.165) is 50.3 Å². The van der Waals surface area contributed by atoms with E-state index in [1.165, 1.54) is 0 Å². The van der Waals surface area contributed by atoms with Gasteiger partial charge in [-0.1, -0.05) is 26.7 Å². The highest BCUT2D eigenvalue weighted by molar-refractivity contribution is 5.91. The quantitative estimate of drug-likeness (QED) is 0.632. The number of ether oxygens (including phenoxy) is 1. The van der Waals surface area contributed by atoms with Crippen LogP contribution < -0.4 is 10.6 Å². The molecule has 25 heavy (non-hydrogen) atoms. The highest BCUT2D eigenvalue weighted by atomic mass is 16.5. The predicted octanol–water partition coefficient (Wildman–Crippen LogP) is 3.94. The topological polar surface area (TPSA) is 70.6 Å². The number of nitrogens with one attached hydrogen (secondary N) is 2. The highest BCUT2D eigenvalue weighted by Crippen LogP contribution is 2.24. The fourth-order valence-electron chi connectivity index (χ4n) is 3.46. The molecule has 2 rings (SSSR count). The third-order valence-electron chi connectivity index (χ3n) is 4.68. The Morgan fingerprint density at radius 2 is 1.68 bits per heavy atom. The minimum absolute atomic E-state index is 0.130. The molecule has 1 saturated heterocycles. The van der Waals surface area contributed by atoms with Gasteiger partial charge in [0.1, 0.15) is 0 Å². The number of anilines is 2. The van der Waals surface area contributed by atoms with Gasteiger partial charge in [0.2, 0.25) is 5.91 Å². The Hall–Kier alpha value is -1.59. The van der Waals surface area contributed by atoms with Gasteiger partial charge in [-0.25, -0.2) is 0 Å². The van der Waals surface area contributed by atoms with E-state index in [4.69, 9.17) is 4.74 Å². The molecule has 0 radical (unpaired) electrons. The second kappa shape index (κ2) is 9.78. The molecule has 0 aromatic heterocycles. The number of amides is 1. The van der Waals surface area contributed by atoms with Crippen molar-refractivity contribution < 1.29 is 14.6 Å². The summed E-state index contributed by atoms with van der Waals surface area (Å²) in [5.41, 5.74) is 0.925. The average molecular weight is 348 g/mol. The summed E-state index contributed by atoms with van der Waals surface area (Å²) in [7, 11) is 0. The molecule has 1 fully saturated rings. The lowest BCUT2D eigenvalue weighted by Gasteiger charge is -2.27. The van der Waals surface area contributed by atoms with E-state index >= 15 is 0 Å². The molecule has 5 nitrogen and oxygen atoms in total. The summed E-state index contributed by atoms with van der Waals surface area (Å²) in [5, 5.41) is 17.0. The lowest BCUT2D eigenvalue weighted by atomic mass is 9.89. The Kier molecular flexibility index (Phi) is 7.72. The molecular weight excluding hydrogens is 316 g/mol. The molecule has 1 heterocycles. The fourth-order valence-corrected chi connectivity index (χ4v) is 3.46. The van der Waals surface area contributed by atoms with Gasteiger partial charge in [-0.2, -0.15) is 0 Å². The van der Waals surface area contributed by atoms with E-state index in [-0.39, 0.29) is 12.3 Å². The average Bonchev–Trinajstić information content (AvgIpc) is 2.57. The number of rotatable bonds is 9. The molecule has 0 aliphatic carbocycles. The van der Waals surface area contributed by atoms with Gasteiger partial charge in [0.25, 0.3) is 0 Å². The van der Waals surface area contributed by atoms with Crippen LogP contribution in [-0.4, -0.2) is 35.9 Å². The van der Waals surface area contributed by atoms with Crippen LogP contribution in [0.5, 0.6) is 0 Å². The van der Waals surface area contributed by atoms with Crippen LogP contribution in [-0.2, 0) is 9.53 Å². The van der Waals surface area contributed by atoms with Crippen LogP contribution in [0.4, 0.5) is 11.4 Å². The van der Waals surface area contributed by atoms with Crippen molar-refractivity contribution >= 4 is 17.3 Å². The van der Waals surface area contributed by atoms with Gasteiger partial charge < -0.3 is 20.5 Å². The minimum atomic E-state index is -0.891. The highest BCUT2D eigenvalue weighted by Gasteiger charge is 2.28. The van der Waals surface area contributed by atoms with E-state index < -0.39 is 5.60 Å². The van der Waals surface area contributed by atoms with Crippen LogP contribution in [0, 0.1) is 0 Å². The smallest absolute Gasteiger partial charge is 0.227 e. The first-order valence-electron chi connectivity index (χ1n) is 9.51. The molecule has 0 saturated carbocycles. The van der Waals surface area contributed by atoms with E-state index in [2.05, 4.69) is 10.6 Å². The molecule has 1 aromatic carbocycles. The fraction of sp³-hybridized carbons (Fsp3) is 0.650. The Morgan fingerprint density at radius 3 is 2.24 bits per heavy atom. The third kappa shape index (κ3) is 6.67. The summed E-state index contributed by atoms with van der Waals surface area (Å²) in [5.74, 6) is -0.130. The molecule has 140 valence electrons. The van der Waals surface area contributed by atoms with E-state index in [1.54, 1.807) is 0 Å². The molecule has 0 bridgehead atoms. The van der Waals surface area contributed by atoms with Crippen LogP contribution in [0.1, 0.15) is 58.8 Å². The number of benzene rings is 1. The molecule has 0 unspecified atom stereocenters. The zero-order valence-electron chi connectivity index (χ0n) is 15.5. The first kappa shape index (κ1) is 19.7. The number of hydrogen-bond acceptors (Lipinski definition) is 4. The first-order valence-corrected chi connectivity index (χ1v) is 9.51. The molecule has 1 aliphatic rings. The zero-order valence-corrected chi connectivity index (χ0v) is 15.5. The van der Waals surface area contributed by atoms with Crippen molar-refractivity contribution in [2.24, 2.45) is 0 Å². The first-order chi connectivity index (χ1) is 12.0. The number of hydrogen-bond donors (Lipinski definition) is 3. The van der Waals surface area contributed by atoms with Crippen LogP contribution in [0.3, 0.4) is 0 Å². The Morgan fingerprint density at radius 1 is 1.12 bits per heavy atom. The maximum absolute atomic E-state index is 12.3. The molecule has 1 aliphatic heterocycles. The van der Waals surface area contributed by atoms with Crippen LogP contribution in [0.15, 0.2) is 24.3 Å². The predicted molar refractivity (Wildman–Crippen MR) is 102 cm³/mol. The lowest BCUT2D eigenvalue weighted by molar-refractivity contribution is -0.121. The maximum Gasteiger partial charge on any atom is 0.227 e. The van der Waals surface area contributed by atoms with E-state index in [9.17, 15) is 9.90 Å². The lowest BCUT2D eigenvalue weighted by Crippen LogP contribution is -2.33. The van der Waals surface area contributed by atoms with Crippen molar-refractivity contribution in [3.05, 3.63) is 24.3 Å². The molecule has 5 heteroatoms. The van der Waals surface area contributed by atoms with Crippen LogP contribution in [0.2, 0.25) is 0 Å². The summed E-state index contributed by atoms with van der Waals surface area (Å²) >= 11 is 0. The van der Waals surface area contributed by atoms with Crippen molar-refractivity contribution in [2.75, 3.05) is 23.8 Å². The minimum Gasteiger partial charge on any atom is -0.389 e. The number of carbonyl (C=O) groups excluding carboxylic acids is 1. The normalized spacial score (nSPS) is 15.8. The van der Waals surface area contributed by atoms with E-state index in [0.29, 0.717) is 18.9 Å². The third-order valence-corrected chi connectivity index (χ3v) is 4.68. The summed E-state index contributed by atoms with van der Waals surface area (Å²) in [6.45, 7) is 5.68. The van der Waals surface area contributed by atoms with Crippen molar-refractivity contribution in [1.29, 1.82) is 0 Å². The SMILES string of the molecule is CCCC(O)(CCC)CC(=O)Nc1ccc(NC2CCOCC2)cc1. The summed E-state index contributed by atoms with van der Waals surface area (Å²) < 4.78 is 5.37. The molecule has 1 aromatic rings. The summed E-state index contributed by atoms with van der Waals surface area (Å²) in [6, 6.07) is 8.22. The number of carbonyl (C=O) groups is 1. The van der Waals surface area contributed by atoms with Crippen molar-refractivity contribution in [1.82, 2.24) is 0 Å². The molecule has 3 N–H and O–H groups in total. The van der Waals surface area contributed by atoms with Crippen molar-refractivity contribution in [3.63, 3.8) is 0 Å². The van der Waals surface area contributed by atoms with Crippen LogP contribution in [0.25, 0.3) is 0 Å². The Balaban J connectivity index is 1.85. The van der Waals surface area contributed by atoms with Gasteiger partial charge in [-0.05, 0) is 49.9 Å². The summed E-state index contributed by atoms with van der Waals surface area (Å²) in [4.78, 5) is 12.3. The zero-order chi connectivity index (χ0) is 18.1. The van der Waals surface area contributed by atoms with E-state index in [1.807, 2.05) is 38.1 Å². The van der Waals surface area contributed by atoms with Crippen molar-refractivity contribution in [2.45, 2.75) is 70.4 Å². The Labute approximate surface area is 151 Å². The van der Waals surface area contributed by atoms with Gasteiger partial charge >= 0.3 is 0 Å². The second-order valence-corrected chi connectivity index (χ2v) is 7.06. The molecule has 0 spiro atoms. The number of aliphatic hydroxyl groups is 1. The van der Waals surface area contributed by atoms with Gasteiger partial charge in [0.05, 0.1) is 12.0 Å². The summed E-state index contributed by atoms with van der Waals surface area (Å²) in [6.07, 6.45) is 5.24. The second-order valence-electron chi connectivity index (χ2n) is 7.06. The van der Waals surface area contributed by atoms with Gasteiger partial charge in [0.15, 0.2) is 0 Å². The standard InChI is InChI=1S/C20H32N2O3/c1-3-11-20(24,12-4-2)15-19(23)22-17-7-5-16(6-8-17)21-18-9-13-25-14-10-18/h5-8,18,21,24H,3-4,9-15H2,1-2H3,(H,22,23). The van der Waals surface area contributed by atoms with Gasteiger partial charge in [-0.3, -0.25) is 4.79 Å². The van der Waals surface area contributed by atoms with Crippen LogP contribution >= 0.6 is 0 Å². The van der Waals surface area contributed by atoms with Crippen molar-refractivity contribution in [3.8, 4) is 0 Å². The van der Waals surface area contributed by atoms with Gasteiger partial charge in [-0.15, -0.1) is 0 Å². The monoisotopic (exact) mass is 348 g/mol. The molecular formula is C20H32N2O3. The Bertz CT molecular complexity index is 518. The molecule has 1 amide bonds. The largest absolute Gasteiger partial charge is 0.389 e. The van der Waals surface area contributed by atoms with Gasteiger partial charge in [0, 0.05) is 30.6 Å². The molecule has 0 atom stereocenters. The maximum atomic E-state index is 12.3.